The Kier molecular flexibility index (Phi) is 6.08. The molecule has 4 atom stereocenters. The molecule has 13 heteroatoms. The van der Waals surface area contributed by atoms with Crippen molar-refractivity contribution in [3.8, 4) is 0 Å². The van der Waals surface area contributed by atoms with Crippen LogP contribution in [0.4, 0.5) is 5.82 Å². The first-order valence-electron chi connectivity index (χ1n) is 11.0. The summed E-state index contributed by atoms with van der Waals surface area (Å²) in [5, 5.41) is 13.5. The fourth-order valence-corrected chi connectivity index (χ4v) is 4.34. The monoisotopic (exact) mass is 494 g/mol. The molecule has 4 heterocycles. The van der Waals surface area contributed by atoms with Crippen LogP contribution in [0.1, 0.15) is 19.1 Å². The van der Waals surface area contributed by atoms with Crippen LogP contribution in [0.25, 0.3) is 11.2 Å². The lowest BCUT2D eigenvalue weighted by molar-refractivity contribution is -0.120. The number of rotatable bonds is 2. The average molecular weight is 494 g/mol. The number of aromatic nitrogens is 4. The number of hydrogen-bond acceptors (Lipinski definition) is 11. The van der Waals surface area contributed by atoms with Gasteiger partial charge in [-0.2, -0.15) is 0 Å². The third-order valence-corrected chi connectivity index (χ3v) is 6.02. The number of anilines is 1. The first kappa shape index (κ1) is 23.4. The van der Waals surface area contributed by atoms with E-state index in [2.05, 4.69) is 20.3 Å². The summed E-state index contributed by atoms with van der Waals surface area (Å²) in [4.78, 5) is 50.0. The van der Waals surface area contributed by atoms with Crippen LogP contribution in [0.2, 0.25) is 0 Å². The Morgan fingerprint density at radius 2 is 2.06 bits per heavy atom. The van der Waals surface area contributed by atoms with Gasteiger partial charge >= 0.3 is 0 Å². The van der Waals surface area contributed by atoms with Gasteiger partial charge in [0, 0.05) is 12.5 Å². The molecule has 1 amide bonds. The summed E-state index contributed by atoms with van der Waals surface area (Å²) in [5.74, 6) is -1.59. The largest absolute Gasteiger partial charge is 0.493 e. The van der Waals surface area contributed by atoms with Crippen LogP contribution in [-0.2, 0) is 28.6 Å². The standard InChI is InChI=1S/C23H22N6O7/c1-34-19-11-4-3-7-35-20-14(5-2-6-15(31)28-12(17(11)32)8-13(19)30)36-23(18(20)33)29-10-27-16-21(24)25-9-26-22(16)29/h2-3,6-10,14,18,20,23,33H,4-5H2,1H3,(H,28,31)(H2,24,25,26)/b6-2+,7-3+/t14-,18-,20-,23-/m1/s1. The van der Waals surface area contributed by atoms with Gasteiger partial charge in [0.25, 0.3) is 0 Å². The van der Waals surface area contributed by atoms with Crippen LogP contribution in [0, 0.1) is 0 Å². The molecule has 36 heavy (non-hydrogen) atoms. The predicted octanol–water partition coefficient (Wildman–Crippen LogP) is -0.0319. The molecule has 186 valence electrons. The number of amides is 1. The second-order valence-electron chi connectivity index (χ2n) is 8.21. The molecule has 2 aromatic heterocycles. The van der Waals surface area contributed by atoms with Gasteiger partial charge in [0.1, 0.15) is 24.1 Å². The lowest BCUT2D eigenvalue weighted by Crippen LogP contribution is -2.33. The number of carbonyl (C=O) groups excluding carboxylic acids is 3. The highest BCUT2D eigenvalue weighted by Crippen LogP contribution is 2.35. The maximum atomic E-state index is 12.8. The summed E-state index contributed by atoms with van der Waals surface area (Å²) in [7, 11) is 1.29. The SMILES string of the molecule is COC1=C2C/C=C/O[C@H]3[C@@H](O)[C@H](n4cnc5c(N)ncnc54)O[C@@H]3C/C=C/C(=O)NC(=CC1=O)C2=O. The van der Waals surface area contributed by atoms with Crippen LogP contribution in [0.5, 0.6) is 0 Å². The van der Waals surface area contributed by atoms with Gasteiger partial charge < -0.3 is 30.4 Å². The van der Waals surface area contributed by atoms with Gasteiger partial charge in [-0.3, -0.25) is 19.0 Å². The molecule has 3 aliphatic rings. The Morgan fingerprint density at radius 1 is 1.22 bits per heavy atom. The fourth-order valence-electron chi connectivity index (χ4n) is 4.34. The molecule has 5 rings (SSSR count). The number of Topliss-reactive ketones (excluding diaryl/α,β-unsaturated/α-hetero) is 1. The van der Waals surface area contributed by atoms with E-state index in [0.717, 1.165) is 6.08 Å². The van der Waals surface area contributed by atoms with Crippen molar-refractivity contribution < 1.29 is 33.7 Å². The first-order chi connectivity index (χ1) is 17.4. The smallest absolute Gasteiger partial charge is 0.248 e. The quantitative estimate of drug-likeness (QED) is 0.477. The number of allylic oxidation sites excluding steroid dienone is 3. The molecule has 0 radical (unpaired) electrons. The highest BCUT2D eigenvalue weighted by molar-refractivity contribution is 6.23. The Balaban J connectivity index is 1.45. The molecule has 13 nitrogen and oxygen atoms in total. The third kappa shape index (κ3) is 4.03. The molecule has 2 bridgehead atoms. The number of carbonyl (C=O) groups is 3. The van der Waals surface area contributed by atoms with E-state index in [1.165, 1.54) is 48.8 Å². The number of nitrogens with two attached hydrogens (primary N) is 1. The Labute approximate surface area is 203 Å². The molecule has 0 spiro atoms. The number of ketones is 2. The van der Waals surface area contributed by atoms with Crippen LogP contribution < -0.4 is 11.1 Å². The van der Waals surface area contributed by atoms with E-state index in [9.17, 15) is 19.5 Å². The molecule has 1 saturated heterocycles. The van der Waals surface area contributed by atoms with Crippen molar-refractivity contribution in [2.75, 3.05) is 12.8 Å². The third-order valence-electron chi connectivity index (χ3n) is 6.02. The molecule has 1 aliphatic carbocycles. The van der Waals surface area contributed by atoms with Crippen molar-refractivity contribution in [2.45, 2.75) is 37.4 Å². The zero-order valence-electron chi connectivity index (χ0n) is 19.0. The van der Waals surface area contributed by atoms with E-state index in [1.807, 2.05) is 0 Å². The minimum atomic E-state index is -1.15. The molecular weight excluding hydrogens is 472 g/mol. The Bertz CT molecular complexity index is 1370. The number of fused-ring (bicyclic) bond motifs is 4. The molecule has 1 fully saturated rings. The molecule has 0 aromatic carbocycles. The van der Waals surface area contributed by atoms with Crippen LogP contribution in [0.3, 0.4) is 0 Å². The average Bonchev–Trinajstić information content (AvgIpc) is 3.41. The van der Waals surface area contributed by atoms with Gasteiger partial charge in [-0.25, -0.2) is 15.0 Å². The molecular formula is C23H22N6O7. The minimum absolute atomic E-state index is 0.00306. The Hall–Kier alpha value is -4.36. The molecule has 0 unspecified atom stereocenters. The number of methoxy groups -OCH3 is 1. The van der Waals surface area contributed by atoms with Gasteiger partial charge in [-0.15, -0.1) is 0 Å². The number of aliphatic hydroxyl groups is 1. The maximum absolute atomic E-state index is 12.8. The molecule has 0 saturated carbocycles. The number of ether oxygens (including phenoxy) is 3. The second-order valence-corrected chi connectivity index (χ2v) is 8.21. The van der Waals surface area contributed by atoms with Crippen molar-refractivity contribution in [1.29, 1.82) is 0 Å². The predicted molar refractivity (Wildman–Crippen MR) is 122 cm³/mol. The normalized spacial score (nSPS) is 28.6. The summed E-state index contributed by atoms with van der Waals surface area (Å²) in [6.07, 6.45) is 6.03. The van der Waals surface area contributed by atoms with E-state index in [0.29, 0.717) is 11.2 Å². The fraction of sp³-hybridized carbons (Fsp3) is 0.304. The maximum Gasteiger partial charge on any atom is 0.248 e. The number of hydrogen-bond donors (Lipinski definition) is 3. The zero-order valence-corrected chi connectivity index (χ0v) is 19.0. The topological polar surface area (TPSA) is 181 Å². The summed E-state index contributed by atoms with van der Waals surface area (Å²) in [6.45, 7) is 0. The molecule has 2 aliphatic heterocycles. The summed E-state index contributed by atoms with van der Waals surface area (Å²) in [5.41, 5.74) is 6.54. The van der Waals surface area contributed by atoms with E-state index < -0.39 is 42.0 Å². The van der Waals surface area contributed by atoms with Crippen molar-refractivity contribution in [1.82, 2.24) is 24.8 Å². The Morgan fingerprint density at radius 3 is 2.86 bits per heavy atom. The van der Waals surface area contributed by atoms with Crippen molar-refractivity contribution in [3.63, 3.8) is 0 Å². The highest BCUT2D eigenvalue weighted by Gasteiger charge is 2.46. The van der Waals surface area contributed by atoms with Gasteiger partial charge in [0.2, 0.25) is 17.5 Å². The second kappa shape index (κ2) is 9.36. The number of nitrogen functional groups attached to an aromatic ring is 1. The van der Waals surface area contributed by atoms with Gasteiger partial charge in [-0.05, 0) is 18.6 Å². The lowest BCUT2D eigenvalue weighted by Gasteiger charge is -2.20. The first-order valence-corrected chi connectivity index (χ1v) is 11.0. The number of nitrogens with zero attached hydrogens (tertiary/aromatic N) is 4. The van der Waals surface area contributed by atoms with Crippen molar-refractivity contribution in [2.24, 2.45) is 0 Å². The summed E-state index contributed by atoms with van der Waals surface area (Å²) in [6, 6.07) is 0. The molecule has 2 aromatic rings. The number of nitrogens with one attached hydrogen (secondary N) is 1. The van der Waals surface area contributed by atoms with Gasteiger partial charge in [0.15, 0.2) is 29.6 Å². The van der Waals surface area contributed by atoms with Crippen LogP contribution in [-0.4, -0.2) is 67.5 Å². The van der Waals surface area contributed by atoms with Crippen molar-refractivity contribution in [3.05, 3.63) is 60.3 Å². The highest BCUT2D eigenvalue weighted by atomic mass is 16.6. The number of imidazole rings is 1. The van der Waals surface area contributed by atoms with Crippen molar-refractivity contribution >= 4 is 34.5 Å². The lowest BCUT2D eigenvalue weighted by atomic mass is 9.95. The van der Waals surface area contributed by atoms with E-state index in [-0.39, 0.29) is 35.7 Å². The zero-order chi connectivity index (χ0) is 25.4. The van der Waals surface area contributed by atoms with Crippen LogP contribution >= 0.6 is 0 Å². The van der Waals surface area contributed by atoms with E-state index in [4.69, 9.17) is 19.9 Å². The minimum Gasteiger partial charge on any atom is -0.493 e. The van der Waals surface area contributed by atoms with E-state index >= 15 is 0 Å². The van der Waals surface area contributed by atoms with Crippen LogP contribution in [0.15, 0.2) is 60.3 Å². The summed E-state index contributed by atoms with van der Waals surface area (Å²) >= 11 is 0. The summed E-state index contributed by atoms with van der Waals surface area (Å²) < 4.78 is 18.6. The number of aliphatic hydroxyl groups excluding tert-OH is 1. The van der Waals surface area contributed by atoms with E-state index in [1.54, 1.807) is 0 Å². The van der Waals surface area contributed by atoms with Gasteiger partial charge in [0.05, 0.1) is 31.0 Å². The molecule has 4 N–H and O–H groups in total. The van der Waals surface area contributed by atoms with Gasteiger partial charge in [-0.1, -0.05) is 6.08 Å².